The number of hydrogen-bond donors (Lipinski definition) is 1. The van der Waals surface area contributed by atoms with Crippen molar-refractivity contribution < 1.29 is 14.0 Å². The molecule has 5 rings (SSSR count). The summed E-state index contributed by atoms with van der Waals surface area (Å²) >= 11 is 1.55. The predicted molar refractivity (Wildman–Crippen MR) is 131 cm³/mol. The van der Waals surface area contributed by atoms with E-state index in [4.69, 9.17) is 4.42 Å². The number of rotatable bonds is 5. The van der Waals surface area contributed by atoms with Crippen molar-refractivity contribution in [1.29, 1.82) is 0 Å². The van der Waals surface area contributed by atoms with Gasteiger partial charge in [0.05, 0.1) is 0 Å². The summed E-state index contributed by atoms with van der Waals surface area (Å²) in [4.78, 5) is 35.3. The zero-order valence-electron chi connectivity index (χ0n) is 17.8. The van der Waals surface area contributed by atoms with Crippen LogP contribution in [0.3, 0.4) is 0 Å². The number of para-hydroxylation sites is 1. The van der Waals surface area contributed by atoms with Gasteiger partial charge in [-0.2, -0.15) is 0 Å². The molecular weight excluding hydrogens is 436 g/mol. The molecule has 7 nitrogen and oxygen atoms in total. The van der Waals surface area contributed by atoms with Crippen molar-refractivity contribution in [2.45, 2.75) is 0 Å². The van der Waals surface area contributed by atoms with Gasteiger partial charge >= 0.3 is 0 Å². The number of nitrogens with zero attached hydrogens (tertiary/aromatic N) is 3. The maximum atomic E-state index is 13.4. The van der Waals surface area contributed by atoms with E-state index >= 15 is 0 Å². The standard InChI is InChI=1S/C25H22N4O3S/c30-22(11-10-18-6-5-17-33-18)27-23-19-7-1-2-8-20(19)32-24(23)25(31)29-15-13-28(14-16-29)21-9-3-4-12-26-21/h1-12,17H,13-16H2,(H,27,30)/b11-10+. The summed E-state index contributed by atoms with van der Waals surface area (Å²) in [5, 5.41) is 5.52. The Morgan fingerprint density at radius 1 is 1.00 bits per heavy atom. The van der Waals surface area contributed by atoms with Crippen LogP contribution in [0, 0.1) is 0 Å². The van der Waals surface area contributed by atoms with E-state index in [9.17, 15) is 9.59 Å². The lowest BCUT2D eigenvalue weighted by atomic mass is 10.2. The fourth-order valence-electron chi connectivity index (χ4n) is 3.85. The molecule has 1 aromatic carbocycles. The summed E-state index contributed by atoms with van der Waals surface area (Å²) in [5.41, 5.74) is 0.967. The summed E-state index contributed by atoms with van der Waals surface area (Å²) < 4.78 is 5.92. The maximum absolute atomic E-state index is 13.4. The van der Waals surface area contributed by atoms with Gasteiger partial charge in [0.15, 0.2) is 0 Å². The highest BCUT2D eigenvalue weighted by Gasteiger charge is 2.29. The van der Waals surface area contributed by atoms with Gasteiger partial charge in [0, 0.05) is 48.7 Å². The van der Waals surface area contributed by atoms with Crippen LogP contribution in [-0.4, -0.2) is 47.9 Å². The van der Waals surface area contributed by atoms with E-state index in [1.807, 2.05) is 53.9 Å². The molecule has 0 radical (unpaired) electrons. The van der Waals surface area contributed by atoms with Gasteiger partial charge < -0.3 is 19.5 Å². The number of benzene rings is 1. The minimum absolute atomic E-state index is 0.153. The van der Waals surface area contributed by atoms with E-state index in [0.29, 0.717) is 42.8 Å². The number of amides is 2. The van der Waals surface area contributed by atoms with Gasteiger partial charge in [-0.05, 0) is 41.8 Å². The fourth-order valence-corrected chi connectivity index (χ4v) is 4.47. The third kappa shape index (κ3) is 4.51. The third-order valence-electron chi connectivity index (χ3n) is 5.52. The van der Waals surface area contributed by atoms with Gasteiger partial charge in [0.1, 0.15) is 17.1 Å². The number of hydrogen-bond acceptors (Lipinski definition) is 6. The van der Waals surface area contributed by atoms with Crippen molar-refractivity contribution in [2.24, 2.45) is 0 Å². The first-order valence-electron chi connectivity index (χ1n) is 10.7. The Bertz CT molecular complexity index is 1290. The van der Waals surface area contributed by atoms with Crippen molar-refractivity contribution in [2.75, 3.05) is 36.4 Å². The first-order valence-corrected chi connectivity index (χ1v) is 11.6. The number of carbonyl (C=O) groups excluding carboxylic acids is 2. The molecule has 1 aliphatic rings. The Labute approximate surface area is 194 Å². The number of fused-ring (bicyclic) bond motifs is 1. The number of thiophene rings is 1. The molecule has 4 aromatic rings. The van der Waals surface area contributed by atoms with E-state index in [2.05, 4.69) is 15.2 Å². The third-order valence-corrected chi connectivity index (χ3v) is 6.36. The van der Waals surface area contributed by atoms with Crippen LogP contribution in [0.15, 0.2) is 76.7 Å². The van der Waals surface area contributed by atoms with Crippen LogP contribution in [0.4, 0.5) is 11.5 Å². The molecule has 0 aliphatic carbocycles. The second-order valence-electron chi connectivity index (χ2n) is 7.61. The van der Waals surface area contributed by atoms with Crippen LogP contribution in [0.5, 0.6) is 0 Å². The predicted octanol–water partition coefficient (Wildman–Crippen LogP) is 4.50. The van der Waals surface area contributed by atoms with Crippen molar-refractivity contribution in [3.05, 3.63) is 82.9 Å². The van der Waals surface area contributed by atoms with Crippen molar-refractivity contribution in [3.8, 4) is 0 Å². The summed E-state index contributed by atoms with van der Waals surface area (Å²) in [6.07, 6.45) is 4.98. The molecule has 33 heavy (non-hydrogen) atoms. The largest absolute Gasteiger partial charge is 0.449 e. The normalized spacial score (nSPS) is 14.2. The zero-order chi connectivity index (χ0) is 22.6. The second-order valence-corrected chi connectivity index (χ2v) is 8.59. The van der Waals surface area contributed by atoms with Crippen molar-refractivity contribution in [3.63, 3.8) is 0 Å². The molecular formula is C25H22N4O3S. The Kier molecular flexibility index (Phi) is 5.91. The van der Waals surface area contributed by atoms with Gasteiger partial charge in [0.25, 0.3) is 5.91 Å². The minimum Gasteiger partial charge on any atom is -0.449 e. The van der Waals surface area contributed by atoms with E-state index in [1.165, 1.54) is 6.08 Å². The molecule has 0 bridgehead atoms. The Morgan fingerprint density at radius 2 is 1.82 bits per heavy atom. The SMILES string of the molecule is O=C(/C=C/c1cccs1)Nc1c(C(=O)N2CCN(c3ccccn3)CC2)oc2ccccc12. The average molecular weight is 459 g/mol. The topological polar surface area (TPSA) is 78.7 Å². The molecule has 1 aliphatic heterocycles. The zero-order valence-corrected chi connectivity index (χ0v) is 18.6. The van der Waals surface area contributed by atoms with E-state index < -0.39 is 0 Å². The molecule has 0 unspecified atom stereocenters. The fraction of sp³-hybridized carbons (Fsp3) is 0.160. The summed E-state index contributed by atoms with van der Waals surface area (Å²) in [6, 6.07) is 17.0. The number of furan rings is 1. The monoisotopic (exact) mass is 458 g/mol. The van der Waals surface area contributed by atoms with Crippen LogP contribution in [0.1, 0.15) is 15.4 Å². The number of nitrogens with one attached hydrogen (secondary N) is 1. The Balaban J connectivity index is 1.35. The maximum Gasteiger partial charge on any atom is 0.291 e. The molecule has 166 valence electrons. The van der Waals surface area contributed by atoms with Crippen molar-refractivity contribution in [1.82, 2.24) is 9.88 Å². The summed E-state index contributed by atoms with van der Waals surface area (Å²) in [5.74, 6) is 0.507. The minimum atomic E-state index is -0.316. The Hall–Kier alpha value is -3.91. The van der Waals surface area contributed by atoms with E-state index in [0.717, 1.165) is 10.7 Å². The molecule has 0 atom stereocenters. The second kappa shape index (κ2) is 9.30. The van der Waals surface area contributed by atoms with Crippen LogP contribution in [0.25, 0.3) is 17.0 Å². The molecule has 3 aromatic heterocycles. The molecule has 1 saturated heterocycles. The van der Waals surface area contributed by atoms with Crippen LogP contribution < -0.4 is 10.2 Å². The average Bonchev–Trinajstić information content (AvgIpc) is 3.51. The highest BCUT2D eigenvalue weighted by atomic mass is 32.1. The van der Waals surface area contributed by atoms with E-state index in [-0.39, 0.29) is 17.6 Å². The lowest BCUT2D eigenvalue weighted by Gasteiger charge is -2.35. The molecule has 2 amide bonds. The van der Waals surface area contributed by atoms with Gasteiger partial charge in [-0.15, -0.1) is 11.3 Å². The molecule has 0 saturated carbocycles. The summed E-state index contributed by atoms with van der Waals surface area (Å²) in [6.45, 7) is 2.43. The number of piperazine rings is 1. The lowest BCUT2D eigenvalue weighted by Crippen LogP contribution is -2.49. The molecule has 1 fully saturated rings. The van der Waals surface area contributed by atoms with Gasteiger partial charge in [0.2, 0.25) is 11.7 Å². The highest BCUT2D eigenvalue weighted by molar-refractivity contribution is 7.10. The number of carbonyl (C=O) groups is 2. The molecule has 1 N–H and O–H groups in total. The number of pyridine rings is 1. The number of anilines is 2. The molecule has 8 heteroatoms. The van der Waals surface area contributed by atoms with Gasteiger partial charge in [-0.25, -0.2) is 4.98 Å². The van der Waals surface area contributed by atoms with Crippen LogP contribution >= 0.6 is 11.3 Å². The Morgan fingerprint density at radius 3 is 2.58 bits per heavy atom. The highest BCUT2D eigenvalue weighted by Crippen LogP contribution is 2.32. The first kappa shape index (κ1) is 21.0. The van der Waals surface area contributed by atoms with Gasteiger partial charge in [-0.1, -0.05) is 24.3 Å². The van der Waals surface area contributed by atoms with E-state index in [1.54, 1.807) is 34.6 Å². The lowest BCUT2D eigenvalue weighted by molar-refractivity contribution is -0.111. The van der Waals surface area contributed by atoms with Crippen LogP contribution in [0.2, 0.25) is 0 Å². The molecule has 0 spiro atoms. The van der Waals surface area contributed by atoms with Gasteiger partial charge in [-0.3, -0.25) is 9.59 Å². The number of aromatic nitrogens is 1. The molecule has 4 heterocycles. The quantitative estimate of drug-likeness (QED) is 0.446. The first-order chi connectivity index (χ1) is 16.2. The summed E-state index contributed by atoms with van der Waals surface area (Å²) in [7, 11) is 0. The smallest absolute Gasteiger partial charge is 0.291 e. The van der Waals surface area contributed by atoms with Crippen LogP contribution in [-0.2, 0) is 4.79 Å². The van der Waals surface area contributed by atoms with Crippen molar-refractivity contribution >= 4 is 51.7 Å².